The number of hydrogen-bond acceptors (Lipinski definition) is 6. The number of amides is 2. The Bertz CT molecular complexity index is 784. The van der Waals surface area contributed by atoms with Gasteiger partial charge in [0.15, 0.2) is 17.5 Å². The van der Waals surface area contributed by atoms with Crippen LogP contribution in [0.5, 0.6) is 0 Å². The molecule has 24 heavy (non-hydrogen) atoms. The molecule has 0 unspecified atom stereocenters. The third kappa shape index (κ3) is 3.16. The zero-order valence-electron chi connectivity index (χ0n) is 13.2. The highest BCUT2D eigenvalue weighted by atomic mass is 16.4. The van der Waals surface area contributed by atoms with Crippen molar-refractivity contribution in [2.45, 2.75) is 31.7 Å². The predicted octanol–water partition coefficient (Wildman–Crippen LogP) is 0.623. The van der Waals surface area contributed by atoms with Crippen molar-refractivity contribution in [1.82, 2.24) is 35.4 Å². The first kappa shape index (κ1) is 15.8. The molecule has 0 spiro atoms. The second-order valence-electron chi connectivity index (χ2n) is 5.53. The van der Waals surface area contributed by atoms with Crippen molar-refractivity contribution in [3.63, 3.8) is 0 Å². The predicted molar refractivity (Wildman–Crippen MR) is 81.9 cm³/mol. The molecule has 1 fully saturated rings. The number of nitrogens with zero attached hydrogens (tertiary/aromatic N) is 5. The largest absolute Gasteiger partial charge is 0.465 e. The molecule has 1 saturated carbocycles. The van der Waals surface area contributed by atoms with Crippen LogP contribution in [-0.2, 0) is 0 Å². The van der Waals surface area contributed by atoms with E-state index in [-0.39, 0.29) is 11.6 Å². The third-order valence-corrected chi connectivity index (χ3v) is 3.65. The maximum Gasteiger partial charge on any atom is 0.405 e. The van der Waals surface area contributed by atoms with E-state index in [4.69, 9.17) is 5.11 Å². The summed E-state index contributed by atoms with van der Waals surface area (Å²) in [6, 6.07) is 0.905. The Hall–Kier alpha value is -3.04. The monoisotopic (exact) mass is 331 g/mol. The topological polar surface area (TPSA) is 135 Å². The average Bonchev–Trinajstić information content (AvgIpc) is 3.32. The molecule has 2 heterocycles. The lowest BCUT2D eigenvalue weighted by Gasteiger charge is -2.12. The molecule has 10 heteroatoms. The molecule has 3 rings (SSSR count). The van der Waals surface area contributed by atoms with Gasteiger partial charge in [0.25, 0.3) is 5.91 Å². The van der Waals surface area contributed by atoms with E-state index in [1.807, 2.05) is 0 Å². The Kier molecular flexibility index (Phi) is 4.11. The number of aromatic nitrogens is 5. The molecular weight excluding hydrogens is 314 g/mol. The van der Waals surface area contributed by atoms with Crippen LogP contribution in [0.1, 0.15) is 53.9 Å². The molecule has 2 aromatic heterocycles. The lowest BCUT2D eigenvalue weighted by molar-refractivity contribution is 0.0958. The Balaban J connectivity index is 2.02. The number of rotatable bonds is 5. The van der Waals surface area contributed by atoms with Crippen LogP contribution >= 0.6 is 0 Å². The highest BCUT2D eigenvalue weighted by Crippen LogP contribution is 2.38. The molecule has 0 radical (unpaired) electrons. The fraction of sp³-hybridized carbons (Fsp3) is 0.429. The fourth-order valence-electron chi connectivity index (χ4n) is 2.27. The zero-order valence-corrected chi connectivity index (χ0v) is 13.2. The van der Waals surface area contributed by atoms with Gasteiger partial charge in [0.2, 0.25) is 0 Å². The standard InChI is InChI=1S/C14H17N7O3/c1-7(18-14(23)24)12-19-11(8-3-4-8)20-21(12)10-5-9(13(22)15-2)16-6-17-10/h5-8,18H,3-4H2,1-2H3,(H,15,22)(H,23,24)/t7-/m0/s1. The van der Waals surface area contributed by atoms with Gasteiger partial charge in [0.1, 0.15) is 12.0 Å². The lowest BCUT2D eigenvalue weighted by Crippen LogP contribution is -2.27. The first-order valence-electron chi connectivity index (χ1n) is 7.50. The molecule has 2 amide bonds. The van der Waals surface area contributed by atoms with Crippen molar-refractivity contribution in [2.24, 2.45) is 0 Å². The molecular formula is C14H17N7O3. The van der Waals surface area contributed by atoms with Crippen LogP contribution in [0.3, 0.4) is 0 Å². The van der Waals surface area contributed by atoms with Crippen LogP contribution in [0.15, 0.2) is 12.4 Å². The summed E-state index contributed by atoms with van der Waals surface area (Å²) in [4.78, 5) is 35.2. The number of nitrogens with one attached hydrogen (secondary N) is 2. The summed E-state index contributed by atoms with van der Waals surface area (Å²) in [5.74, 6) is 1.38. The van der Waals surface area contributed by atoms with Gasteiger partial charge in [-0.2, -0.15) is 4.68 Å². The van der Waals surface area contributed by atoms with Crippen molar-refractivity contribution in [2.75, 3.05) is 7.05 Å². The SMILES string of the molecule is CNC(=O)c1cc(-n2nc(C3CC3)nc2[C@H](C)NC(=O)O)ncn1. The van der Waals surface area contributed by atoms with E-state index in [1.165, 1.54) is 24.1 Å². The van der Waals surface area contributed by atoms with Gasteiger partial charge >= 0.3 is 6.09 Å². The molecule has 10 nitrogen and oxygen atoms in total. The van der Waals surface area contributed by atoms with Gasteiger partial charge in [-0.25, -0.2) is 19.7 Å². The van der Waals surface area contributed by atoms with Gasteiger partial charge in [0, 0.05) is 19.0 Å². The van der Waals surface area contributed by atoms with E-state index < -0.39 is 12.1 Å². The maximum absolute atomic E-state index is 11.7. The van der Waals surface area contributed by atoms with Gasteiger partial charge < -0.3 is 15.7 Å². The molecule has 0 bridgehead atoms. The molecule has 0 aromatic carbocycles. The van der Waals surface area contributed by atoms with Crippen LogP contribution in [0.4, 0.5) is 4.79 Å². The summed E-state index contributed by atoms with van der Waals surface area (Å²) in [5.41, 5.74) is 0.191. The van der Waals surface area contributed by atoms with Gasteiger partial charge in [-0.1, -0.05) is 0 Å². The molecule has 1 aliphatic rings. The fourth-order valence-corrected chi connectivity index (χ4v) is 2.27. The molecule has 126 valence electrons. The average molecular weight is 331 g/mol. The van der Waals surface area contributed by atoms with Crippen LogP contribution in [0.2, 0.25) is 0 Å². The number of carbonyl (C=O) groups is 2. The highest BCUT2D eigenvalue weighted by molar-refractivity contribution is 5.92. The minimum absolute atomic E-state index is 0.191. The number of carbonyl (C=O) groups excluding carboxylic acids is 1. The summed E-state index contributed by atoms with van der Waals surface area (Å²) >= 11 is 0. The van der Waals surface area contributed by atoms with Crippen molar-refractivity contribution >= 4 is 12.0 Å². The summed E-state index contributed by atoms with van der Waals surface area (Å²) in [7, 11) is 1.51. The zero-order chi connectivity index (χ0) is 17.3. The Morgan fingerprint density at radius 1 is 1.38 bits per heavy atom. The first-order chi connectivity index (χ1) is 11.5. The summed E-state index contributed by atoms with van der Waals surface area (Å²) in [6.07, 6.45) is 2.13. The summed E-state index contributed by atoms with van der Waals surface area (Å²) in [6.45, 7) is 1.67. The van der Waals surface area contributed by atoms with Gasteiger partial charge in [-0.3, -0.25) is 4.79 Å². The molecule has 0 saturated heterocycles. The third-order valence-electron chi connectivity index (χ3n) is 3.65. The number of hydrogen-bond donors (Lipinski definition) is 3. The summed E-state index contributed by atoms with van der Waals surface area (Å²) < 4.78 is 1.46. The minimum atomic E-state index is -1.15. The van der Waals surface area contributed by atoms with E-state index >= 15 is 0 Å². The Morgan fingerprint density at radius 3 is 2.75 bits per heavy atom. The van der Waals surface area contributed by atoms with Crippen molar-refractivity contribution in [1.29, 1.82) is 0 Å². The van der Waals surface area contributed by atoms with Crippen molar-refractivity contribution in [3.05, 3.63) is 29.7 Å². The van der Waals surface area contributed by atoms with Crippen molar-refractivity contribution in [3.8, 4) is 5.82 Å². The van der Waals surface area contributed by atoms with Crippen LogP contribution in [0, 0.1) is 0 Å². The Labute approximate surface area is 137 Å². The van der Waals surface area contributed by atoms with Crippen LogP contribution < -0.4 is 10.6 Å². The Morgan fingerprint density at radius 2 is 2.12 bits per heavy atom. The smallest absolute Gasteiger partial charge is 0.405 e. The van der Waals surface area contributed by atoms with E-state index in [0.29, 0.717) is 23.4 Å². The molecule has 0 aliphatic heterocycles. The van der Waals surface area contributed by atoms with Crippen molar-refractivity contribution < 1.29 is 14.7 Å². The minimum Gasteiger partial charge on any atom is -0.465 e. The van der Waals surface area contributed by atoms with Crippen LogP contribution in [0.25, 0.3) is 5.82 Å². The summed E-state index contributed by atoms with van der Waals surface area (Å²) in [5, 5.41) is 18.2. The van der Waals surface area contributed by atoms with E-state index in [2.05, 4.69) is 30.7 Å². The lowest BCUT2D eigenvalue weighted by atomic mass is 10.3. The molecule has 3 N–H and O–H groups in total. The first-order valence-corrected chi connectivity index (χ1v) is 7.50. The van der Waals surface area contributed by atoms with E-state index in [0.717, 1.165) is 12.8 Å². The molecule has 2 aromatic rings. The second kappa shape index (κ2) is 6.22. The second-order valence-corrected chi connectivity index (χ2v) is 5.53. The van der Waals surface area contributed by atoms with E-state index in [9.17, 15) is 9.59 Å². The molecule has 1 aliphatic carbocycles. The maximum atomic E-state index is 11.7. The van der Waals surface area contributed by atoms with Gasteiger partial charge in [-0.15, -0.1) is 5.10 Å². The molecule has 1 atom stereocenters. The van der Waals surface area contributed by atoms with Gasteiger partial charge in [0.05, 0.1) is 6.04 Å². The highest BCUT2D eigenvalue weighted by Gasteiger charge is 2.31. The number of carboxylic acid groups (broad SMARTS) is 1. The van der Waals surface area contributed by atoms with E-state index in [1.54, 1.807) is 6.92 Å². The normalized spacial score (nSPS) is 14.9. The van der Waals surface area contributed by atoms with Gasteiger partial charge in [-0.05, 0) is 19.8 Å². The van der Waals surface area contributed by atoms with Crippen LogP contribution in [-0.4, -0.2) is 48.9 Å². The quantitative estimate of drug-likeness (QED) is 0.731.